The molecule has 0 fully saturated rings. The fraction of sp³-hybridized carbons (Fsp3) is 0.444. The molecule has 72 valence electrons. The van der Waals surface area contributed by atoms with E-state index in [1.807, 2.05) is 13.8 Å². The molecule has 4 heteroatoms. The molecule has 0 radical (unpaired) electrons. The first-order valence-electron chi connectivity index (χ1n) is 4.05. The lowest BCUT2D eigenvalue weighted by atomic mass is 10.3. The third kappa shape index (κ3) is 2.34. The SMILES string of the molecule is CC(C)N(C)C(=O)c1ccc(Br)o1. The Morgan fingerprint density at radius 2 is 2.15 bits per heavy atom. The monoisotopic (exact) mass is 245 g/mol. The second kappa shape index (κ2) is 3.96. The summed E-state index contributed by atoms with van der Waals surface area (Å²) in [5.41, 5.74) is 0. The Kier molecular flexibility index (Phi) is 3.14. The van der Waals surface area contributed by atoms with E-state index in [-0.39, 0.29) is 11.9 Å². The lowest BCUT2D eigenvalue weighted by molar-refractivity contribution is 0.0721. The normalized spacial score (nSPS) is 10.5. The van der Waals surface area contributed by atoms with Crippen LogP contribution in [0.15, 0.2) is 21.2 Å². The minimum absolute atomic E-state index is 0.0966. The van der Waals surface area contributed by atoms with Crippen LogP contribution in [0.5, 0.6) is 0 Å². The summed E-state index contributed by atoms with van der Waals surface area (Å²) in [6, 6.07) is 3.54. The van der Waals surface area contributed by atoms with Crippen molar-refractivity contribution < 1.29 is 9.21 Å². The zero-order valence-electron chi connectivity index (χ0n) is 7.87. The highest BCUT2D eigenvalue weighted by Crippen LogP contribution is 2.15. The van der Waals surface area contributed by atoms with Crippen LogP contribution in [0.1, 0.15) is 24.4 Å². The number of furan rings is 1. The molecule has 0 aliphatic carbocycles. The van der Waals surface area contributed by atoms with E-state index < -0.39 is 0 Å². The van der Waals surface area contributed by atoms with Crippen LogP contribution in [-0.4, -0.2) is 23.9 Å². The van der Waals surface area contributed by atoms with Crippen molar-refractivity contribution in [1.82, 2.24) is 4.90 Å². The summed E-state index contributed by atoms with van der Waals surface area (Å²) >= 11 is 3.15. The first-order chi connectivity index (χ1) is 6.02. The molecule has 0 aliphatic rings. The van der Waals surface area contributed by atoms with Gasteiger partial charge in [-0.2, -0.15) is 0 Å². The van der Waals surface area contributed by atoms with E-state index in [4.69, 9.17) is 4.42 Å². The van der Waals surface area contributed by atoms with Gasteiger partial charge in [-0.3, -0.25) is 4.79 Å². The van der Waals surface area contributed by atoms with Crippen molar-refractivity contribution in [2.45, 2.75) is 19.9 Å². The lowest BCUT2D eigenvalue weighted by Gasteiger charge is -2.19. The van der Waals surface area contributed by atoms with Gasteiger partial charge >= 0.3 is 0 Å². The topological polar surface area (TPSA) is 33.5 Å². The van der Waals surface area contributed by atoms with E-state index in [0.29, 0.717) is 10.4 Å². The Balaban J connectivity index is 2.79. The zero-order valence-corrected chi connectivity index (χ0v) is 9.46. The van der Waals surface area contributed by atoms with Crippen molar-refractivity contribution in [3.63, 3.8) is 0 Å². The molecule has 0 saturated heterocycles. The zero-order chi connectivity index (χ0) is 10.0. The molecule has 0 N–H and O–H groups in total. The second-order valence-corrected chi connectivity index (χ2v) is 3.90. The van der Waals surface area contributed by atoms with Gasteiger partial charge in [-0.05, 0) is 41.9 Å². The molecule has 1 rings (SSSR count). The van der Waals surface area contributed by atoms with Crippen LogP contribution in [0, 0.1) is 0 Å². The molecule has 13 heavy (non-hydrogen) atoms. The van der Waals surface area contributed by atoms with Gasteiger partial charge in [0.25, 0.3) is 5.91 Å². The van der Waals surface area contributed by atoms with Crippen molar-refractivity contribution in [1.29, 1.82) is 0 Å². The Labute approximate surface area is 85.8 Å². The number of rotatable bonds is 2. The van der Waals surface area contributed by atoms with E-state index in [9.17, 15) is 4.79 Å². The quantitative estimate of drug-likeness (QED) is 0.803. The van der Waals surface area contributed by atoms with Gasteiger partial charge in [0.15, 0.2) is 10.4 Å². The van der Waals surface area contributed by atoms with Gasteiger partial charge in [0.2, 0.25) is 0 Å². The Morgan fingerprint density at radius 1 is 1.54 bits per heavy atom. The average Bonchev–Trinajstić information content (AvgIpc) is 2.49. The summed E-state index contributed by atoms with van der Waals surface area (Å²) in [4.78, 5) is 13.2. The summed E-state index contributed by atoms with van der Waals surface area (Å²) in [5, 5.41) is 0. The number of carbonyl (C=O) groups is 1. The van der Waals surface area contributed by atoms with Crippen molar-refractivity contribution >= 4 is 21.8 Å². The van der Waals surface area contributed by atoms with Crippen LogP contribution >= 0.6 is 15.9 Å². The van der Waals surface area contributed by atoms with Crippen LogP contribution < -0.4 is 0 Å². The van der Waals surface area contributed by atoms with Gasteiger partial charge in [-0.15, -0.1) is 0 Å². The Hall–Kier alpha value is -0.770. The van der Waals surface area contributed by atoms with E-state index in [1.54, 1.807) is 24.1 Å². The molecule has 0 aromatic carbocycles. The summed E-state index contributed by atoms with van der Waals surface area (Å²) < 4.78 is 5.72. The highest BCUT2D eigenvalue weighted by Gasteiger charge is 2.17. The van der Waals surface area contributed by atoms with Crippen molar-refractivity contribution in [2.75, 3.05) is 7.05 Å². The molecule has 1 heterocycles. The van der Waals surface area contributed by atoms with Crippen LogP contribution in [0.4, 0.5) is 0 Å². The fourth-order valence-corrected chi connectivity index (χ4v) is 1.14. The molecule has 0 bridgehead atoms. The second-order valence-electron chi connectivity index (χ2n) is 3.11. The van der Waals surface area contributed by atoms with E-state index >= 15 is 0 Å². The van der Waals surface area contributed by atoms with E-state index in [0.717, 1.165) is 0 Å². The molecule has 0 atom stereocenters. The molecule has 1 aromatic rings. The van der Waals surface area contributed by atoms with Gasteiger partial charge < -0.3 is 9.32 Å². The molecular weight excluding hydrogens is 234 g/mol. The number of carbonyl (C=O) groups excluding carboxylic acids is 1. The largest absolute Gasteiger partial charge is 0.444 e. The third-order valence-corrected chi connectivity index (χ3v) is 2.31. The maximum atomic E-state index is 11.6. The van der Waals surface area contributed by atoms with E-state index in [2.05, 4.69) is 15.9 Å². The summed E-state index contributed by atoms with van der Waals surface area (Å²) in [6.45, 7) is 3.91. The summed E-state index contributed by atoms with van der Waals surface area (Å²) in [7, 11) is 1.75. The summed E-state index contributed by atoms with van der Waals surface area (Å²) in [5.74, 6) is 0.267. The van der Waals surface area contributed by atoms with Crippen LogP contribution in [0.25, 0.3) is 0 Å². The predicted octanol–water partition coefficient (Wildman–Crippen LogP) is 2.52. The first kappa shape index (κ1) is 10.3. The van der Waals surface area contributed by atoms with Crippen LogP contribution in [-0.2, 0) is 0 Å². The van der Waals surface area contributed by atoms with Gasteiger partial charge in [-0.25, -0.2) is 0 Å². The summed E-state index contributed by atoms with van der Waals surface area (Å²) in [6.07, 6.45) is 0. The fourth-order valence-electron chi connectivity index (χ4n) is 0.838. The van der Waals surface area contributed by atoms with Gasteiger partial charge in [0.1, 0.15) is 0 Å². The smallest absolute Gasteiger partial charge is 0.289 e. The maximum Gasteiger partial charge on any atom is 0.289 e. The predicted molar refractivity (Wildman–Crippen MR) is 53.6 cm³/mol. The highest BCUT2D eigenvalue weighted by molar-refractivity contribution is 9.10. The average molecular weight is 246 g/mol. The molecule has 0 spiro atoms. The number of hydrogen-bond donors (Lipinski definition) is 0. The molecular formula is C9H12BrNO2. The molecule has 3 nitrogen and oxygen atoms in total. The van der Waals surface area contributed by atoms with Gasteiger partial charge in [0.05, 0.1) is 0 Å². The Bertz CT molecular complexity index is 306. The number of hydrogen-bond acceptors (Lipinski definition) is 2. The van der Waals surface area contributed by atoms with Gasteiger partial charge in [-0.1, -0.05) is 0 Å². The number of amides is 1. The van der Waals surface area contributed by atoms with Crippen molar-refractivity contribution in [3.05, 3.63) is 22.6 Å². The van der Waals surface area contributed by atoms with Crippen molar-refractivity contribution in [3.8, 4) is 0 Å². The minimum atomic E-state index is -0.0966. The van der Waals surface area contributed by atoms with Gasteiger partial charge in [0, 0.05) is 13.1 Å². The Morgan fingerprint density at radius 3 is 2.54 bits per heavy atom. The standard InChI is InChI=1S/C9H12BrNO2/c1-6(2)11(3)9(12)7-4-5-8(10)13-7/h4-6H,1-3H3. The minimum Gasteiger partial charge on any atom is -0.444 e. The van der Waals surface area contributed by atoms with Crippen LogP contribution in [0.2, 0.25) is 0 Å². The number of halogens is 1. The maximum absolute atomic E-state index is 11.6. The molecule has 1 amide bonds. The lowest BCUT2D eigenvalue weighted by Crippen LogP contribution is -2.32. The van der Waals surface area contributed by atoms with E-state index in [1.165, 1.54) is 0 Å². The molecule has 0 aliphatic heterocycles. The molecule has 0 saturated carbocycles. The highest BCUT2D eigenvalue weighted by atomic mass is 79.9. The third-order valence-electron chi connectivity index (χ3n) is 1.88. The number of nitrogens with zero attached hydrogens (tertiary/aromatic N) is 1. The van der Waals surface area contributed by atoms with Crippen LogP contribution in [0.3, 0.4) is 0 Å². The molecule has 1 aromatic heterocycles. The molecule has 0 unspecified atom stereocenters. The van der Waals surface area contributed by atoms with Crippen molar-refractivity contribution in [2.24, 2.45) is 0 Å². The first-order valence-corrected chi connectivity index (χ1v) is 4.84.